The molecule has 0 aromatic heterocycles. The van der Waals surface area contributed by atoms with Crippen molar-refractivity contribution in [3.05, 3.63) is 0 Å². The van der Waals surface area contributed by atoms with Crippen molar-refractivity contribution in [1.29, 1.82) is 0 Å². The zero-order valence-electron chi connectivity index (χ0n) is 7.35. The van der Waals surface area contributed by atoms with Gasteiger partial charge in [-0.15, -0.1) is 0 Å². The van der Waals surface area contributed by atoms with Crippen LogP contribution in [0.5, 0.6) is 0 Å². The highest BCUT2D eigenvalue weighted by Gasteiger charge is 2.12. The quantitative estimate of drug-likeness (QED) is 0.534. The smallest absolute Gasteiger partial charge is 0.0165 e. The van der Waals surface area contributed by atoms with Gasteiger partial charge in [0.2, 0.25) is 0 Å². The van der Waals surface area contributed by atoms with E-state index in [0.717, 1.165) is 6.54 Å². The van der Waals surface area contributed by atoms with Crippen molar-refractivity contribution in [3.8, 4) is 0 Å². The van der Waals surface area contributed by atoms with E-state index in [1.165, 1.54) is 12.8 Å². The van der Waals surface area contributed by atoms with Gasteiger partial charge in [-0.1, -0.05) is 13.8 Å². The van der Waals surface area contributed by atoms with Crippen molar-refractivity contribution in [2.45, 2.75) is 45.7 Å². The highest BCUT2D eigenvalue weighted by Crippen LogP contribution is 2.04. The van der Waals surface area contributed by atoms with Gasteiger partial charge >= 0.3 is 0 Å². The van der Waals surface area contributed by atoms with Crippen LogP contribution in [0.2, 0.25) is 0 Å². The Kier molecular flexibility index (Phi) is 5.64. The first kappa shape index (κ1) is 9.92. The summed E-state index contributed by atoms with van der Waals surface area (Å²) in [4.78, 5) is 0. The zero-order chi connectivity index (χ0) is 7.98. The van der Waals surface area contributed by atoms with Crippen molar-refractivity contribution in [2.24, 2.45) is 5.73 Å². The van der Waals surface area contributed by atoms with Gasteiger partial charge in [0, 0.05) is 18.6 Å². The monoisotopic (exact) mass is 144 g/mol. The molecule has 0 radical (unpaired) electrons. The summed E-state index contributed by atoms with van der Waals surface area (Å²) in [7, 11) is 0. The average Bonchev–Trinajstić information content (AvgIpc) is 2.00. The average molecular weight is 144 g/mol. The highest BCUT2D eigenvalue weighted by molar-refractivity contribution is 4.75. The summed E-state index contributed by atoms with van der Waals surface area (Å²) in [5.41, 5.74) is 5.63. The summed E-state index contributed by atoms with van der Waals surface area (Å²) in [6.07, 6.45) is 2.43. The lowest BCUT2D eigenvalue weighted by Crippen LogP contribution is -2.43. The number of nitrogens with one attached hydrogen (secondary N) is 1. The molecule has 1 saturated heterocycles. The van der Waals surface area contributed by atoms with E-state index in [9.17, 15) is 0 Å². The lowest BCUT2D eigenvalue weighted by atomic mass is 10.0. The van der Waals surface area contributed by atoms with Gasteiger partial charge in [-0.2, -0.15) is 0 Å². The Balaban J connectivity index is 0.000000371. The molecule has 0 aromatic rings. The maximum Gasteiger partial charge on any atom is 0.0165 e. The van der Waals surface area contributed by atoms with Crippen LogP contribution in [-0.2, 0) is 0 Å². The Hall–Kier alpha value is -0.0800. The maximum atomic E-state index is 5.63. The predicted octanol–water partition coefficient (Wildman–Crippen LogP) is 1.11. The summed E-state index contributed by atoms with van der Waals surface area (Å²) in [6.45, 7) is 7.20. The van der Waals surface area contributed by atoms with Crippen LogP contribution in [-0.4, -0.2) is 18.6 Å². The van der Waals surface area contributed by atoms with Crippen molar-refractivity contribution in [3.63, 3.8) is 0 Å². The van der Waals surface area contributed by atoms with Crippen molar-refractivity contribution < 1.29 is 0 Å². The van der Waals surface area contributed by atoms with Crippen LogP contribution in [0.25, 0.3) is 0 Å². The second kappa shape index (κ2) is 5.69. The molecule has 2 unspecified atom stereocenters. The van der Waals surface area contributed by atoms with E-state index < -0.39 is 0 Å². The van der Waals surface area contributed by atoms with E-state index in [0.29, 0.717) is 12.1 Å². The van der Waals surface area contributed by atoms with Crippen LogP contribution < -0.4 is 11.1 Å². The fraction of sp³-hybridized carbons (Fsp3) is 1.00. The molecular weight excluding hydrogens is 124 g/mol. The first-order valence-corrected chi connectivity index (χ1v) is 4.28. The molecule has 1 rings (SSSR count). The van der Waals surface area contributed by atoms with Crippen LogP contribution in [0, 0.1) is 0 Å². The molecule has 0 aliphatic carbocycles. The van der Waals surface area contributed by atoms with Crippen LogP contribution in [0.3, 0.4) is 0 Å². The number of hydrogen-bond donors (Lipinski definition) is 2. The molecule has 1 heterocycles. The number of nitrogens with two attached hydrogens (primary N) is 1. The molecule has 1 fully saturated rings. The fourth-order valence-corrected chi connectivity index (χ4v) is 1.02. The van der Waals surface area contributed by atoms with Gasteiger partial charge in [-0.25, -0.2) is 0 Å². The largest absolute Gasteiger partial charge is 0.327 e. The number of hydrogen-bond acceptors (Lipinski definition) is 2. The fourth-order valence-electron chi connectivity index (χ4n) is 1.02. The second-order valence-corrected chi connectivity index (χ2v) is 2.65. The lowest BCUT2D eigenvalue weighted by Gasteiger charge is -2.24. The Morgan fingerprint density at radius 1 is 1.30 bits per heavy atom. The first-order valence-electron chi connectivity index (χ1n) is 4.28. The van der Waals surface area contributed by atoms with Gasteiger partial charge in [-0.3, -0.25) is 0 Å². The molecule has 3 N–H and O–H groups in total. The molecule has 2 heteroatoms. The molecule has 0 amide bonds. The normalized spacial score (nSPS) is 32.4. The van der Waals surface area contributed by atoms with Crippen molar-refractivity contribution >= 4 is 0 Å². The molecular formula is C8H20N2. The topological polar surface area (TPSA) is 38.0 Å². The van der Waals surface area contributed by atoms with E-state index in [-0.39, 0.29) is 0 Å². The summed E-state index contributed by atoms with van der Waals surface area (Å²) in [5.74, 6) is 0. The van der Waals surface area contributed by atoms with Crippen LogP contribution >= 0.6 is 0 Å². The molecule has 0 spiro atoms. The van der Waals surface area contributed by atoms with Gasteiger partial charge in [0.05, 0.1) is 0 Å². The Morgan fingerprint density at radius 3 is 2.20 bits per heavy atom. The third kappa shape index (κ3) is 3.85. The molecule has 10 heavy (non-hydrogen) atoms. The molecule has 0 aromatic carbocycles. The molecule has 62 valence electrons. The predicted molar refractivity (Wildman–Crippen MR) is 46.0 cm³/mol. The minimum absolute atomic E-state index is 0.409. The Morgan fingerprint density at radius 2 is 1.90 bits per heavy atom. The Bertz CT molecular complexity index is 55.7. The summed E-state index contributed by atoms with van der Waals surface area (Å²) in [6, 6.07) is 1.10. The standard InChI is InChI=1S/C6H14N2.C2H6/c1-5-2-3-6(7)4-8-5;1-2/h5-6,8H,2-4,7H2,1H3;1-2H3. The molecule has 2 atom stereocenters. The van der Waals surface area contributed by atoms with Crippen molar-refractivity contribution in [1.82, 2.24) is 5.32 Å². The summed E-state index contributed by atoms with van der Waals surface area (Å²) in [5, 5.41) is 3.31. The first-order chi connectivity index (χ1) is 4.79. The summed E-state index contributed by atoms with van der Waals surface area (Å²) < 4.78 is 0. The van der Waals surface area contributed by atoms with Crippen molar-refractivity contribution in [2.75, 3.05) is 6.54 Å². The third-order valence-electron chi connectivity index (χ3n) is 1.70. The highest BCUT2D eigenvalue weighted by atomic mass is 14.9. The van der Waals surface area contributed by atoms with E-state index in [2.05, 4.69) is 12.2 Å². The second-order valence-electron chi connectivity index (χ2n) is 2.65. The van der Waals surface area contributed by atoms with Gasteiger partial charge < -0.3 is 11.1 Å². The minimum Gasteiger partial charge on any atom is -0.327 e. The lowest BCUT2D eigenvalue weighted by molar-refractivity contribution is 0.384. The molecule has 2 nitrogen and oxygen atoms in total. The van der Waals surface area contributed by atoms with Crippen LogP contribution in [0.15, 0.2) is 0 Å². The van der Waals surface area contributed by atoms with Gasteiger partial charge in [0.15, 0.2) is 0 Å². The van der Waals surface area contributed by atoms with E-state index in [1.807, 2.05) is 13.8 Å². The molecule has 1 aliphatic heterocycles. The van der Waals surface area contributed by atoms with Gasteiger partial charge in [0.1, 0.15) is 0 Å². The minimum atomic E-state index is 0.409. The number of rotatable bonds is 0. The zero-order valence-corrected chi connectivity index (χ0v) is 7.35. The summed E-state index contributed by atoms with van der Waals surface area (Å²) >= 11 is 0. The van der Waals surface area contributed by atoms with Gasteiger partial charge in [-0.05, 0) is 19.8 Å². The molecule has 0 bridgehead atoms. The maximum absolute atomic E-state index is 5.63. The van der Waals surface area contributed by atoms with E-state index in [4.69, 9.17) is 5.73 Å². The van der Waals surface area contributed by atoms with Gasteiger partial charge in [0.25, 0.3) is 0 Å². The Labute approximate surface area is 64.2 Å². The molecule has 1 aliphatic rings. The van der Waals surface area contributed by atoms with E-state index in [1.54, 1.807) is 0 Å². The van der Waals surface area contributed by atoms with Crippen LogP contribution in [0.4, 0.5) is 0 Å². The molecule has 0 saturated carbocycles. The third-order valence-corrected chi connectivity index (χ3v) is 1.70. The SMILES string of the molecule is CC.CC1CCC(N)CN1. The van der Waals surface area contributed by atoms with E-state index >= 15 is 0 Å². The number of piperidine rings is 1. The van der Waals surface area contributed by atoms with Crippen LogP contribution in [0.1, 0.15) is 33.6 Å².